The fourth-order valence-electron chi connectivity index (χ4n) is 3.01. The van der Waals surface area contributed by atoms with Crippen molar-refractivity contribution in [3.8, 4) is 16.9 Å². The summed E-state index contributed by atoms with van der Waals surface area (Å²) in [5.41, 5.74) is 2.76. The number of hydrogen-bond acceptors (Lipinski definition) is 7. The Morgan fingerprint density at radius 3 is 2.21 bits per heavy atom. The molecule has 0 unspecified atom stereocenters. The van der Waals surface area contributed by atoms with Crippen molar-refractivity contribution in [2.75, 3.05) is 18.5 Å². The van der Waals surface area contributed by atoms with Gasteiger partial charge in [0, 0.05) is 30.2 Å². The van der Waals surface area contributed by atoms with E-state index in [1.807, 2.05) is 0 Å². The third-order valence-electron chi connectivity index (χ3n) is 4.70. The molecule has 0 saturated carbocycles. The van der Waals surface area contributed by atoms with Crippen LogP contribution in [0.4, 0.5) is 20.4 Å². The molecule has 4 N–H and O–H groups in total. The minimum absolute atomic E-state index is 0.0697. The van der Waals surface area contributed by atoms with Crippen LogP contribution in [0.3, 0.4) is 0 Å². The SMILES string of the molecule is C[C@@H](O)CNC(=O)[C@H](CO)c1ccc(Nc2ncc(-c3ccc(OC(F)F)cc3)cn2)cc1. The molecule has 0 saturated heterocycles. The number of aliphatic hydroxyl groups excluding tert-OH is 2. The van der Waals surface area contributed by atoms with Crippen molar-refractivity contribution in [3.63, 3.8) is 0 Å². The molecule has 2 atom stereocenters. The molecule has 0 spiro atoms. The largest absolute Gasteiger partial charge is 0.435 e. The first-order chi connectivity index (χ1) is 15.9. The fourth-order valence-corrected chi connectivity index (χ4v) is 3.01. The number of nitrogens with one attached hydrogen (secondary N) is 2. The Kier molecular flexibility index (Phi) is 8.22. The van der Waals surface area contributed by atoms with Crippen LogP contribution in [0.1, 0.15) is 18.4 Å². The minimum Gasteiger partial charge on any atom is -0.435 e. The minimum atomic E-state index is -2.87. The maximum absolute atomic E-state index is 12.3. The molecule has 2 aromatic carbocycles. The number of anilines is 2. The molecule has 1 heterocycles. The van der Waals surface area contributed by atoms with Gasteiger partial charge >= 0.3 is 6.61 Å². The van der Waals surface area contributed by atoms with Gasteiger partial charge in [0.25, 0.3) is 0 Å². The lowest BCUT2D eigenvalue weighted by atomic mass is 9.98. The number of alkyl halides is 2. The second-order valence-corrected chi connectivity index (χ2v) is 7.27. The van der Waals surface area contributed by atoms with E-state index in [2.05, 4.69) is 25.3 Å². The molecule has 0 aliphatic carbocycles. The second-order valence-electron chi connectivity index (χ2n) is 7.27. The van der Waals surface area contributed by atoms with Crippen LogP contribution >= 0.6 is 0 Å². The van der Waals surface area contributed by atoms with Crippen molar-refractivity contribution in [1.82, 2.24) is 15.3 Å². The molecular formula is C23H24F2N4O4. The smallest absolute Gasteiger partial charge is 0.387 e. The van der Waals surface area contributed by atoms with E-state index in [4.69, 9.17) is 0 Å². The zero-order valence-electron chi connectivity index (χ0n) is 17.8. The summed E-state index contributed by atoms with van der Waals surface area (Å²) in [6.45, 7) is -1.57. The number of benzene rings is 2. The summed E-state index contributed by atoms with van der Waals surface area (Å²) in [7, 11) is 0. The van der Waals surface area contributed by atoms with Gasteiger partial charge in [-0.3, -0.25) is 4.79 Å². The lowest BCUT2D eigenvalue weighted by Crippen LogP contribution is -2.35. The molecule has 0 radical (unpaired) electrons. The molecule has 0 aliphatic rings. The molecule has 3 rings (SSSR count). The highest BCUT2D eigenvalue weighted by atomic mass is 19.3. The van der Waals surface area contributed by atoms with E-state index in [1.54, 1.807) is 55.7 Å². The Balaban J connectivity index is 1.62. The van der Waals surface area contributed by atoms with Crippen LogP contribution in [0.25, 0.3) is 11.1 Å². The number of hydrogen-bond donors (Lipinski definition) is 4. The summed E-state index contributed by atoms with van der Waals surface area (Å²) < 4.78 is 28.8. The predicted molar refractivity (Wildman–Crippen MR) is 118 cm³/mol. The van der Waals surface area contributed by atoms with Gasteiger partial charge in [-0.25, -0.2) is 9.97 Å². The highest BCUT2D eigenvalue weighted by Crippen LogP contribution is 2.24. The number of carbonyl (C=O) groups excluding carboxylic acids is 1. The van der Waals surface area contributed by atoms with Crippen molar-refractivity contribution in [2.45, 2.75) is 25.6 Å². The molecular weight excluding hydrogens is 434 g/mol. The van der Waals surface area contributed by atoms with Crippen molar-refractivity contribution < 1.29 is 28.5 Å². The van der Waals surface area contributed by atoms with Crippen molar-refractivity contribution in [3.05, 3.63) is 66.5 Å². The van der Waals surface area contributed by atoms with Crippen molar-refractivity contribution in [2.24, 2.45) is 0 Å². The summed E-state index contributed by atoms with van der Waals surface area (Å²) >= 11 is 0. The van der Waals surface area contributed by atoms with Gasteiger partial charge in [-0.15, -0.1) is 0 Å². The standard InChI is InChI=1S/C23H24F2N4O4/c1-14(31)10-26-21(32)20(13-30)16-2-6-18(7-3-16)29-23-27-11-17(12-28-23)15-4-8-19(9-5-15)33-22(24)25/h2-9,11-12,14,20,22,30-31H,10,13H2,1H3,(H,26,32)(H,27,28,29)/t14-,20-/m1/s1. The maximum atomic E-state index is 12.3. The van der Waals surface area contributed by atoms with Crippen LogP contribution in [-0.4, -0.2) is 52.0 Å². The van der Waals surface area contributed by atoms with Crippen LogP contribution in [-0.2, 0) is 4.79 Å². The Bertz CT molecular complexity index is 1030. The number of nitrogens with zero attached hydrogens (tertiary/aromatic N) is 2. The molecule has 1 aromatic heterocycles. The number of halogens is 2. The average molecular weight is 458 g/mol. The lowest BCUT2D eigenvalue weighted by molar-refractivity contribution is -0.123. The predicted octanol–water partition coefficient (Wildman–Crippen LogP) is 3.06. The van der Waals surface area contributed by atoms with Crippen molar-refractivity contribution >= 4 is 17.5 Å². The molecule has 33 heavy (non-hydrogen) atoms. The van der Waals surface area contributed by atoms with Gasteiger partial charge < -0.3 is 25.6 Å². The fraction of sp³-hybridized carbons (Fsp3) is 0.261. The van der Waals surface area contributed by atoms with Gasteiger partial charge in [0.1, 0.15) is 5.75 Å². The van der Waals surface area contributed by atoms with E-state index in [0.29, 0.717) is 22.8 Å². The number of carbonyl (C=O) groups is 1. The first kappa shape index (κ1) is 24.0. The Morgan fingerprint density at radius 1 is 1.03 bits per heavy atom. The zero-order valence-corrected chi connectivity index (χ0v) is 17.8. The highest BCUT2D eigenvalue weighted by molar-refractivity contribution is 5.84. The van der Waals surface area contributed by atoms with E-state index in [1.165, 1.54) is 12.1 Å². The van der Waals surface area contributed by atoms with E-state index >= 15 is 0 Å². The van der Waals surface area contributed by atoms with Gasteiger partial charge in [-0.1, -0.05) is 24.3 Å². The topological polar surface area (TPSA) is 117 Å². The number of rotatable bonds is 10. The van der Waals surface area contributed by atoms with Gasteiger partial charge in [-0.2, -0.15) is 8.78 Å². The second kappa shape index (κ2) is 11.3. The number of aromatic nitrogens is 2. The van der Waals surface area contributed by atoms with E-state index in [0.717, 1.165) is 5.56 Å². The summed E-state index contributed by atoms with van der Waals surface area (Å²) in [6, 6.07) is 13.1. The first-order valence-electron chi connectivity index (χ1n) is 10.2. The molecule has 0 aliphatic heterocycles. The Hall–Kier alpha value is -3.63. The van der Waals surface area contributed by atoms with E-state index < -0.39 is 18.6 Å². The Labute approximate surface area is 189 Å². The third kappa shape index (κ3) is 6.93. The molecule has 0 bridgehead atoms. The van der Waals surface area contributed by atoms with Gasteiger partial charge in [0.15, 0.2) is 0 Å². The maximum Gasteiger partial charge on any atom is 0.387 e. The summed E-state index contributed by atoms with van der Waals surface area (Å²) in [6.07, 6.45) is 2.52. The molecule has 3 aromatic rings. The highest BCUT2D eigenvalue weighted by Gasteiger charge is 2.19. The third-order valence-corrected chi connectivity index (χ3v) is 4.70. The van der Waals surface area contributed by atoms with Gasteiger partial charge in [0.05, 0.1) is 18.6 Å². The van der Waals surface area contributed by atoms with Gasteiger partial charge in [-0.05, 0) is 42.3 Å². The first-order valence-corrected chi connectivity index (χ1v) is 10.2. The van der Waals surface area contributed by atoms with Crippen LogP contribution in [0, 0.1) is 0 Å². The average Bonchev–Trinajstić information content (AvgIpc) is 2.80. The summed E-state index contributed by atoms with van der Waals surface area (Å²) in [5.74, 6) is -0.699. The quantitative estimate of drug-likeness (QED) is 0.369. The van der Waals surface area contributed by atoms with E-state index in [-0.39, 0.29) is 24.8 Å². The van der Waals surface area contributed by atoms with Crippen LogP contribution in [0.2, 0.25) is 0 Å². The normalized spacial score (nSPS) is 12.8. The van der Waals surface area contributed by atoms with Crippen LogP contribution in [0.15, 0.2) is 60.9 Å². The van der Waals surface area contributed by atoms with Gasteiger partial charge in [0.2, 0.25) is 11.9 Å². The molecule has 174 valence electrons. The van der Waals surface area contributed by atoms with Crippen molar-refractivity contribution in [1.29, 1.82) is 0 Å². The molecule has 0 fully saturated rings. The zero-order chi connectivity index (χ0) is 23.8. The lowest BCUT2D eigenvalue weighted by Gasteiger charge is -2.16. The molecule has 1 amide bonds. The number of aliphatic hydroxyl groups is 2. The van der Waals surface area contributed by atoms with Crippen LogP contribution < -0.4 is 15.4 Å². The number of ether oxygens (including phenoxy) is 1. The molecule has 10 heteroatoms. The Morgan fingerprint density at radius 2 is 1.67 bits per heavy atom. The summed E-state index contributed by atoms with van der Waals surface area (Å²) in [5, 5.41) is 24.5. The number of amides is 1. The van der Waals surface area contributed by atoms with E-state index in [9.17, 15) is 23.8 Å². The molecule has 8 nitrogen and oxygen atoms in total. The summed E-state index contributed by atoms with van der Waals surface area (Å²) in [4.78, 5) is 20.7. The van der Waals surface area contributed by atoms with Crippen LogP contribution in [0.5, 0.6) is 5.75 Å². The monoisotopic (exact) mass is 458 g/mol.